The molecule has 11 heteroatoms. The second-order valence-electron chi connectivity index (χ2n) is 8.81. The average Bonchev–Trinajstić information content (AvgIpc) is 3.44. The fourth-order valence-corrected chi connectivity index (χ4v) is 4.30. The number of pyridine rings is 1. The highest BCUT2D eigenvalue weighted by atomic mass is 35.5. The van der Waals surface area contributed by atoms with Gasteiger partial charge < -0.3 is 9.88 Å². The Morgan fingerprint density at radius 2 is 1.97 bits per heavy atom. The normalized spacial score (nSPS) is 11.4. The third-order valence-corrected chi connectivity index (χ3v) is 6.31. The number of rotatable bonds is 7. The number of nitrogens with one attached hydrogen (secondary N) is 1. The molecule has 0 unspecified atom stereocenters. The number of thiophene rings is 1. The number of hydrogen-bond acceptors (Lipinski definition) is 8. The van der Waals surface area contributed by atoms with Crippen molar-refractivity contribution >= 4 is 40.4 Å². The van der Waals surface area contributed by atoms with E-state index in [0.29, 0.717) is 22.4 Å². The Balaban J connectivity index is 1.68. The summed E-state index contributed by atoms with van der Waals surface area (Å²) >= 11 is 7.46. The fourth-order valence-electron chi connectivity index (χ4n) is 3.27. The van der Waals surface area contributed by atoms with E-state index in [2.05, 4.69) is 20.4 Å². The van der Waals surface area contributed by atoms with Crippen molar-refractivity contribution in [2.75, 3.05) is 5.32 Å². The monoisotopic (exact) mass is 510 g/mol. The minimum absolute atomic E-state index is 0.171. The average molecular weight is 511 g/mol. The van der Waals surface area contributed by atoms with E-state index in [9.17, 15) is 14.4 Å². The van der Waals surface area contributed by atoms with Gasteiger partial charge in [-0.3, -0.25) is 19.4 Å². The Labute approximate surface area is 210 Å². The molecule has 4 heterocycles. The first-order valence-electron chi connectivity index (χ1n) is 10.8. The maximum Gasteiger partial charge on any atom is 0.260 e. The van der Waals surface area contributed by atoms with Crippen LogP contribution in [0.2, 0.25) is 4.34 Å². The first-order chi connectivity index (χ1) is 16.6. The Bertz CT molecular complexity index is 1440. The molecule has 0 saturated carbocycles. The molecule has 9 nitrogen and oxygen atoms in total. The van der Waals surface area contributed by atoms with Crippen LogP contribution in [0, 0.1) is 5.41 Å². The third-order valence-electron chi connectivity index (χ3n) is 5.07. The van der Waals surface area contributed by atoms with Crippen LogP contribution >= 0.6 is 22.9 Å². The molecule has 0 amide bonds. The topological polar surface area (TPSA) is 112 Å². The number of Topliss-reactive ketones (excluding diaryl/α,β-unsaturated/α-hetero) is 1. The van der Waals surface area contributed by atoms with E-state index in [0.717, 1.165) is 4.88 Å². The number of aromatic nitrogens is 5. The second kappa shape index (κ2) is 9.93. The summed E-state index contributed by atoms with van der Waals surface area (Å²) in [5.74, 6) is -0.123. The smallest absolute Gasteiger partial charge is 0.260 e. The van der Waals surface area contributed by atoms with Gasteiger partial charge in [-0.15, -0.1) is 11.3 Å². The second-order valence-corrected chi connectivity index (χ2v) is 10.6. The van der Waals surface area contributed by atoms with Crippen molar-refractivity contribution < 1.29 is 9.59 Å². The fraction of sp³-hybridized carbons (Fsp3) is 0.250. The van der Waals surface area contributed by atoms with Crippen molar-refractivity contribution in [1.82, 2.24) is 24.3 Å². The van der Waals surface area contributed by atoms with Gasteiger partial charge in [-0.05, 0) is 24.3 Å². The molecule has 0 fully saturated rings. The maximum atomic E-state index is 13.2. The van der Waals surface area contributed by atoms with E-state index < -0.39 is 11.0 Å². The van der Waals surface area contributed by atoms with Gasteiger partial charge in [0.1, 0.15) is 17.2 Å². The minimum atomic E-state index is -0.702. The Morgan fingerprint density at radius 1 is 1.17 bits per heavy atom. The van der Waals surface area contributed by atoms with Crippen LogP contribution in [0.1, 0.15) is 40.9 Å². The van der Waals surface area contributed by atoms with Gasteiger partial charge in [0, 0.05) is 34.9 Å². The van der Waals surface area contributed by atoms with Crippen LogP contribution in [0.4, 0.5) is 5.82 Å². The SMILES string of the molecule is CC(C)(C)C(=O)n1nc(-c2cccn(CC(=O)c3cnccn3)c2=O)cc1NCc1ccc(Cl)s1. The summed E-state index contributed by atoms with van der Waals surface area (Å²) < 4.78 is 3.24. The Hall–Kier alpha value is -3.63. The van der Waals surface area contributed by atoms with E-state index in [1.54, 1.807) is 45.0 Å². The molecule has 0 aliphatic heterocycles. The van der Waals surface area contributed by atoms with Crippen molar-refractivity contribution in [2.45, 2.75) is 33.9 Å². The van der Waals surface area contributed by atoms with E-state index in [4.69, 9.17) is 11.6 Å². The van der Waals surface area contributed by atoms with Crippen LogP contribution in [0.5, 0.6) is 0 Å². The van der Waals surface area contributed by atoms with Crippen molar-refractivity contribution in [2.24, 2.45) is 5.41 Å². The molecule has 1 N–H and O–H groups in total. The Kier molecular flexibility index (Phi) is 6.95. The minimum Gasteiger partial charge on any atom is -0.365 e. The highest BCUT2D eigenvalue weighted by molar-refractivity contribution is 7.16. The maximum absolute atomic E-state index is 13.2. The number of hydrogen-bond donors (Lipinski definition) is 1. The number of nitrogens with zero attached hydrogens (tertiary/aromatic N) is 5. The lowest BCUT2D eigenvalue weighted by atomic mass is 9.96. The lowest BCUT2D eigenvalue weighted by Gasteiger charge is -2.18. The number of carbonyl (C=O) groups excluding carboxylic acids is 2. The standard InChI is InChI=1S/C24H23ClN6O3S/c1-24(2,3)23(34)31-21(28-12-15-6-7-20(25)35-15)11-17(29-31)16-5-4-10-30(22(16)33)14-19(32)18-13-26-8-9-27-18/h4-11,13,28H,12,14H2,1-3H3. The van der Waals surface area contributed by atoms with Crippen LogP contribution in [-0.2, 0) is 13.1 Å². The zero-order valence-electron chi connectivity index (χ0n) is 19.4. The van der Waals surface area contributed by atoms with Crippen molar-refractivity contribution in [3.63, 3.8) is 0 Å². The van der Waals surface area contributed by atoms with E-state index in [1.807, 2.05) is 6.07 Å². The summed E-state index contributed by atoms with van der Waals surface area (Å²) in [5.41, 5.74) is -0.353. The molecule has 0 saturated heterocycles. The largest absolute Gasteiger partial charge is 0.365 e. The molecule has 0 radical (unpaired) electrons. The molecular weight excluding hydrogens is 488 g/mol. The van der Waals surface area contributed by atoms with Gasteiger partial charge in [-0.2, -0.15) is 9.78 Å². The van der Waals surface area contributed by atoms with E-state index in [1.165, 1.54) is 45.4 Å². The van der Waals surface area contributed by atoms with Gasteiger partial charge in [0.05, 0.1) is 29.2 Å². The molecule has 4 aromatic rings. The summed E-state index contributed by atoms with van der Waals surface area (Å²) in [6, 6.07) is 8.64. The highest BCUT2D eigenvalue weighted by Crippen LogP contribution is 2.26. The van der Waals surface area contributed by atoms with Crippen LogP contribution in [0.15, 0.2) is 59.9 Å². The summed E-state index contributed by atoms with van der Waals surface area (Å²) in [4.78, 5) is 47.7. The molecule has 0 aromatic carbocycles. The molecule has 180 valence electrons. The number of carbonyl (C=O) groups is 2. The molecule has 0 spiro atoms. The molecule has 4 rings (SSSR count). The number of halogens is 1. The molecule has 0 atom stereocenters. The summed E-state index contributed by atoms with van der Waals surface area (Å²) in [6.07, 6.45) is 5.77. The first kappa shape index (κ1) is 24.5. The predicted molar refractivity (Wildman–Crippen MR) is 135 cm³/mol. The zero-order chi connectivity index (χ0) is 25.2. The predicted octanol–water partition coefficient (Wildman–Crippen LogP) is 4.40. The molecule has 0 bridgehead atoms. The molecule has 0 aliphatic carbocycles. The lowest BCUT2D eigenvalue weighted by Crippen LogP contribution is -2.29. The van der Waals surface area contributed by atoms with Crippen molar-refractivity contribution in [3.05, 3.63) is 80.4 Å². The molecule has 35 heavy (non-hydrogen) atoms. The van der Waals surface area contributed by atoms with E-state index in [-0.39, 0.29) is 29.5 Å². The van der Waals surface area contributed by atoms with Crippen LogP contribution in [0.25, 0.3) is 11.3 Å². The number of anilines is 1. The van der Waals surface area contributed by atoms with Gasteiger partial charge in [-0.1, -0.05) is 32.4 Å². The van der Waals surface area contributed by atoms with Crippen LogP contribution < -0.4 is 10.9 Å². The summed E-state index contributed by atoms with van der Waals surface area (Å²) in [5, 5.41) is 7.69. The van der Waals surface area contributed by atoms with Gasteiger partial charge >= 0.3 is 0 Å². The van der Waals surface area contributed by atoms with Gasteiger partial charge in [0.25, 0.3) is 11.5 Å². The van der Waals surface area contributed by atoms with Gasteiger partial charge in [0.2, 0.25) is 5.78 Å². The quantitative estimate of drug-likeness (QED) is 0.367. The van der Waals surface area contributed by atoms with Crippen LogP contribution in [-0.4, -0.2) is 36.0 Å². The van der Waals surface area contributed by atoms with Gasteiger partial charge in [0.15, 0.2) is 0 Å². The number of ketones is 1. The van der Waals surface area contributed by atoms with Gasteiger partial charge in [-0.25, -0.2) is 4.98 Å². The molecule has 4 aromatic heterocycles. The zero-order valence-corrected chi connectivity index (χ0v) is 20.9. The van der Waals surface area contributed by atoms with Crippen LogP contribution in [0.3, 0.4) is 0 Å². The molecular formula is C24H23ClN6O3S. The first-order valence-corrected chi connectivity index (χ1v) is 11.9. The molecule has 0 aliphatic rings. The third kappa shape index (κ3) is 5.55. The van der Waals surface area contributed by atoms with E-state index >= 15 is 0 Å². The lowest BCUT2D eigenvalue weighted by molar-refractivity contribution is 0.0752. The van der Waals surface area contributed by atoms with Crippen molar-refractivity contribution in [1.29, 1.82) is 0 Å². The highest BCUT2D eigenvalue weighted by Gasteiger charge is 2.27. The van der Waals surface area contributed by atoms with Crippen molar-refractivity contribution in [3.8, 4) is 11.3 Å². The Morgan fingerprint density at radius 3 is 2.63 bits per heavy atom. The summed E-state index contributed by atoms with van der Waals surface area (Å²) in [6.45, 7) is 5.64. The summed E-state index contributed by atoms with van der Waals surface area (Å²) in [7, 11) is 0.